The first kappa shape index (κ1) is 14.6. The summed E-state index contributed by atoms with van der Waals surface area (Å²) < 4.78 is 0. The molecule has 2 unspecified atom stereocenters. The maximum absolute atomic E-state index is 11.6. The first-order valence-corrected chi connectivity index (χ1v) is 6.75. The summed E-state index contributed by atoms with van der Waals surface area (Å²) in [5, 5.41) is 14.3. The number of carboxylic acid groups (broad SMARTS) is 1. The maximum Gasteiger partial charge on any atom is 0.303 e. The fourth-order valence-corrected chi connectivity index (χ4v) is 2.29. The number of hydrogen-bond donors (Lipinski definition) is 2. The van der Waals surface area contributed by atoms with Crippen molar-refractivity contribution < 1.29 is 14.7 Å². The smallest absolute Gasteiger partial charge is 0.303 e. The van der Waals surface area contributed by atoms with Crippen LogP contribution in [-0.4, -0.2) is 28.5 Å². The molecule has 0 saturated heterocycles. The summed E-state index contributed by atoms with van der Waals surface area (Å²) in [6.45, 7) is 4.30. The summed E-state index contributed by atoms with van der Waals surface area (Å²) in [5.41, 5.74) is 0. The van der Waals surface area contributed by atoms with E-state index in [1.807, 2.05) is 12.3 Å². The molecule has 0 aromatic carbocycles. The number of carbonyl (C=O) groups is 2. The zero-order valence-corrected chi connectivity index (χ0v) is 11.4. The van der Waals surface area contributed by atoms with Gasteiger partial charge < -0.3 is 10.4 Å². The van der Waals surface area contributed by atoms with Crippen LogP contribution in [0.2, 0.25) is 0 Å². The van der Waals surface area contributed by atoms with Gasteiger partial charge in [0, 0.05) is 36.9 Å². The van der Waals surface area contributed by atoms with Crippen LogP contribution in [-0.2, 0) is 9.59 Å². The average Bonchev–Trinajstić information content (AvgIpc) is 2.77. The lowest BCUT2D eigenvalue weighted by Gasteiger charge is -2.12. The van der Waals surface area contributed by atoms with Crippen molar-refractivity contribution in [1.29, 1.82) is 0 Å². The molecule has 1 heterocycles. The number of amides is 1. The van der Waals surface area contributed by atoms with Gasteiger partial charge in [-0.05, 0) is 5.92 Å². The van der Waals surface area contributed by atoms with Gasteiger partial charge in [-0.2, -0.15) is 0 Å². The van der Waals surface area contributed by atoms with Crippen LogP contribution in [0.1, 0.15) is 37.6 Å². The van der Waals surface area contributed by atoms with E-state index in [1.54, 1.807) is 24.5 Å². The third kappa shape index (κ3) is 5.27. The maximum atomic E-state index is 11.6. The Kier molecular flexibility index (Phi) is 5.77. The molecule has 0 radical (unpaired) electrons. The van der Waals surface area contributed by atoms with Crippen LogP contribution < -0.4 is 5.32 Å². The Hall–Kier alpha value is -1.43. The lowest BCUT2D eigenvalue weighted by molar-refractivity contribution is -0.138. The van der Waals surface area contributed by atoms with E-state index >= 15 is 0 Å². The molecule has 100 valence electrons. The molecule has 1 aromatic heterocycles. The molecule has 0 fully saturated rings. The van der Waals surface area contributed by atoms with Gasteiger partial charge in [0.15, 0.2) is 0 Å². The van der Waals surface area contributed by atoms with E-state index in [4.69, 9.17) is 5.11 Å². The van der Waals surface area contributed by atoms with Crippen LogP contribution in [0.25, 0.3) is 0 Å². The van der Waals surface area contributed by atoms with Gasteiger partial charge >= 0.3 is 5.97 Å². The molecule has 2 N–H and O–H groups in total. The molecule has 2 atom stereocenters. The molecule has 0 aliphatic heterocycles. The molecule has 0 saturated carbocycles. The number of rotatable bonds is 7. The van der Waals surface area contributed by atoms with Crippen LogP contribution in [0.4, 0.5) is 0 Å². The summed E-state index contributed by atoms with van der Waals surface area (Å²) in [7, 11) is 0. The molecule has 0 bridgehead atoms. The lowest BCUT2D eigenvalue weighted by Crippen LogP contribution is -2.29. The zero-order valence-electron chi connectivity index (χ0n) is 10.5. The molecule has 0 spiro atoms. The van der Waals surface area contributed by atoms with Crippen molar-refractivity contribution in [3.05, 3.63) is 16.6 Å². The first-order chi connectivity index (χ1) is 8.49. The molecule has 0 aliphatic carbocycles. The molecule has 6 heteroatoms. The highest BCUT2D eigenvalue weighted by molar-refractivity contribution is 7.09. The number of hydrogen-bond acceptors (Lipinski definition) is 4. The third-order valence-electron chi connectivity index (χ3n) is 2.54. The lowest BCUT2D eigenvalue weighted by atomic mass is 10.0. The van der Waals surface area contributed by atoms with E-state index in [0.717, 1.165) is 5.01 Å². The minimum atomic E-state index is -0.869. The monoisotopic (exact) mass is 270 g/mol. The van der Waals surface area contributed by atoms with Crippen LogP contribution >= 0.6 is 11.3 Å². The van der Waals surface area contributed by atoms with Gasteiger partial charge in [-0.25, -0.2) is 4.98 Å². The number of nitrogens with one attached hydrogen (secondary N) is 1. The van der Waals surface area contributed by atoms with E-state index in [1.165, 1.54) is 0 Å². The van der Waals surface area contributed by atoms with E-state index in [2.05, 4.69) is 10.3 Å². The van der Waals surface area contributed by atoms with Crippen molar-refractivity contribution in [3.63, 3.8) is 0 Å². The molecular weight excluding hydrogens is 252 g/mol. The van der Waals surface area contributed by atoms with Gasteiger partial charge in [0.1, 0.15) is 0 Å². The Balaban J connectivity index is 2.26. The predicted molar refractivity (Wildman–Crippen MR) is 69.6 cm³/mol. The summed E-state index contributed by atoms with van der Waals surface area (Å²) in [5.74, 6) is -0.931. The van der Waals surface area contributed by atoms with Crippen molar-refractivity contribution in [2.75, 3.05) is 6.54 Å². The number of nitrogens with zero attached hydrogens (tertiary/aromatic N) is 1. The third-order valence-corrected chi connectivity index (χ3v) is 3.54. The van der Waals surface area contributed by atoms with Crippen LogP contribution in [0.5, 0.6) is 0 Å². The van der Waals surface area contributed by atoms with Crippen molar-refractivity contribution in [3.8, 4) is 0 Å². The van der Waals surface area contributed by atoms with Crippen molar-refractivity contribution >= 4 is 23.2 Å². The van der Waals surface area contributed by atoms with E-state index in [0.29, 0.717) is 6.54 Å². The van der Waals surface area contributed by atoms with Crippen LogP contribution in [0.3, 0.4) is 0 Å². The fourth-order valence-electron chi connectivity index (χ4n) is 1.59. The Labute approximate surface area is 110 Å². The Bertz CT molecular complexity index is 392. The summed E-state index contributed by atoms with van der Waals surface area (Å²) in [4.78, 5) is 26.2. The number of carboxylic acids is 1. The van der Waals surface area contributed by atoms with Gasteiger partial charge in [-0.1, -0.05) is 13.8 Å². The SMILES string of the molecule is CC(CC(=O)O)CC(=O)NCC(C)c1nccs1. The average molecular weight is 270 g/mol. The second-order valence-electron chi connectivity index (χ2n) is 4.48. The molecule has 1 rings (SSSR count). The van der Waals surface area contributed by atoms with E-state index in [9.17, 15) is 9.59 Å². The minimum Gasteiger partial charge on any atom is -0.481 e. The van der Waals surface area contributed by atoms with Crippen LogP contribution in [0.15, 0.2) is 11.6 Å². The zero-order chi connectivity index (χ0) is 13.5. The molecule has 18 heavy (non-hydrogen) atoms. The Morgan fingerprint density at radius 1 is 1.44 bits per heavy atom. The summed E-state index contributed by atoms with van der Waals surface area (Å²) in [6, 6.07) is 0. The first-order valence-electron chi connectivity index (χ1n) is 5.87. The van der Waals surface area contributed by atoms with Crippen molar-refractivity contribution in [1.82, 2.24) is 10.3 Å². The highest BCUT2D eigenvalue weighted by Crippen LogP contribution is 2.16. The number of aromatic nitrogens is 1. The molecule has 1 aromatic rings. The van der Waals surface area contributed by atoms with Crippen molar-refractivity contribution in [2.45, 2.75) is 32.6 Å². The highest BCUT2D eigenvalue weighted by Gasteiger charge is 2.14. The normalized spacial score (nSPS) is 13.9. The predicted octanol–water partition coefficient (Wildman–Crippen LogP) is 1.86. The number of aliphatic carboxylic acids is 1. The molecule has 5 nitrogen and oxygen atoms in total. The van der Waals surface area contributed by atoms with Gasteiger partial charge in [0.05, 0.1) is 5.01 Å². The fraction of sp³-hybridized carbons (Fsp3) is 0.583. The molecular formula is C12H18N2O3S. The summed E-state index contributed by atoms with van der Waals surface area (Å²) >= 11 is 1.56. The highest BCUT2D eigenvalue weighted by atomic mass is 32.1. The van der Waals surface area contributed by atoms with Gasteiger partial charge in [-0.15, -0.1) is 11.3 Å². The second-order valence-corrected chi connectivity index (χ2v) is 5.41. The van der Waals surface area contributed by atoms with Crippen molar-refractivity contribution in [2.24, 2.45) is 5.92 Å². The Morgan fingerprint density at radius 3 is 2.72 bits per heavy atom. The summed E-state index contributed by atoms with van der Waals surface area (Å²) in [6.07, 6.45) is 2.01. The van der Waals surface area contributed by atoms with E-state index < -0.39 is 5.97 Å². The van der Waals surface area contributed by atoms with E-state index in [-0.39, 0.29) is 30.6 Å². The Morgan fingerprint density at radius 2 is 2.17 bits per heavy atom. The van der Waals surface area contributed by atoms with Gasteiger partial charge in [0.25, 0.3) is 0 Å². The second kappa shape index (κ2) is 7.10. The minimum absolute atomic E-state index is 0.0233. The van der Waals surface area contributed by atoms with Crippen LogP contribution in [0, 0.1) is 5.92 Å². The van der Waals surface area contributed by atoms with Gasteiger partial charge in [-0.3, -0.25) is 9.59 Å². The molecule has 0 aliphatic rings. The largest absolute Gasteiger partial charge is 0.481 e. The topological polar surface area (TPSA) is 79.3 Å². The number of carbonyl (C=O) groups excluding carboxylic acids is 1. The quantitative estimate of drug-likeness (QED) is 0.792. The standard InChI is InChI=1S/C12H18N2O3S/c1-8(6-11(16)17)5-10(15)14-7-9(2)12-13-3-4-18-12/h3-4,8-9H,5-7H2,1-2H3,(H,14,15)(H,16,17). The molecule has 1 amide bonds. The van der Waals surface area contributed by atoms with Gasteiger partial charge in [0.2, 0.25) is 5.91 Å². The number of thiazole rings is 1.